The van der Waals surface area contributed by atoms with Gasteiger partial charge in [0.15, 0.2) is 0 Å². The fourth-order valence-corrected chi connectivity index (χ4v) is 1.97. The predicted molar refractivity (Wildman–Crippen MR) is 72.2 cm³/mol. The fourth-order valence-electron chi connectivity index (χ4n) is 1.97. The van der Waals surface area contributed by atoms with Crippen LogP contribution in [0.1, 0.15) is 43.7 Å². The summed E-state index contributed by atoms with van der Waals surface area (Å²) in [5.41, 5.74) is 1.64. The Labute approximate surface area is 114 Å². The molecule has 0 saturated heterocycles. The molecule has 4 nitrogen and oxygen atoms in total. The minimum atomic E-state index is -0.665. The Morgan fingerprint density at radius 3 is 2.74 bits per heavy atom. The van der Waals surface area contributed by atoms with E-state index in [-0.39, 0.29) is 12.6 Å². The van der Waals surface area contributed by atoms with E-state index >= 15 is 0 Å². The van der Waals surface area contributed by atoms with Gasteiger partial charge in [-0.25, -0.2) is 4.98 Å². The normalized spacial score (nSPS) is 15.2. The molecular formula is C15H21NO3. The summed E-state index contributed by atoms with van der Waals surface area (Å²) in [4.78, 5) is 16.0. The summed E-state index contributed by atoms with van der Waals surface area (Å²) in [5.74, 6) is 0.960. The highest BCUT2D eigenvalue weighted by Crippen LogP contribution is 2.44. The number of pyridine rings is 1. The summed E-state index contributed by atoms with van der Waals surface area (Å²) in [5, 5.41) is 0. The molecule has 0 N–H and O–H groups in total. The first-order chi connectivity index (χ1) is 8.94. The Morgan fingerprint density at radius 1 is 1.47 bits per heavy atom. The van der Waals surface area contributed by atoms with Crippen molar-refractivity contribution < 1.29 is 14.3 Å². The lowest BCUT2D eigenvalue weighted by atomic mass is 9.95. The first-order valence-corrected chi connectivity index (χ1v) is 6.62. The molecule has 0 aromatic carbocycles. The first-order valence-electron chi connectivity index (χ1n) is 6.62. The smallest absolute Gasteiger partial charge is 0.314 e. The van der Waals surface area contributed by atoms with Crippen LogP contribution in [0, 0.1) is 12.3 Å². The van der Waals surface area contributed by atoms with Crippen molar-refractivity contribution >= 4 is 5.97 Å². The largest absolute Gasteiger partial charge is 0.476 e. The number of esters is 1. The Balaban J connectivity index is 2.09. The standard InChI is InChI=1S/C15H21NO3/c1-10-7-12(11-5-6-11)13(16-8-10)19-9-15(2,3)14(17)18-4/h7-8,11H,5-6,9H2,1-4H3. The van der Waals surface area contributed by atoms with Crippen LogP contribution in [0.3, 0.4) is 0 Å². The van der Waals surface area contributed by atoms with Crippen molar-refractivity contribution in [2.45, 2.75) is 39.5 Å². The van der Waals surface area contributed by atoms with Crippen LogP contribution in [0.5, 0.6) is 5.88 Å². The lowest BCUT2D eigenvalue weighted by Gasteiger charge is -2.22. The van der Waals surface area contributed by atoms with Gasteiger partial charge in [-0.05, 0) is 51.2 Å². The summed E-state index contributed by atoms with van der Waals surface area (Å²) in [6, 6.07) is 2.13. The quantitative estimate of drug-likeness (QED) is 0.766. The topological polar surface area (TPSA) is 48.4 Å². The van der Waals surface area contributed by atoms with Crippen LogP contribution in [-0.2, 0) is 9.53 Å². The van der Waals surface area contributed by atoms with Gasteiger partial charge < -0.3 is 9.47 Å². The average Bonchev–Trinajstić information content (AvgIpc) is 3.20. The van der Waals surface area contributed by atoms with Crippen molar-refractivity contribution in [1.82, 2.24) is 4.98 Å². The Bertz CT molecular complexity index is 478. The maximum atomic E-state index is 11.6. The zero-order valence-corrected chi connectivity index (χ0v) is 12.0. The van der Waals surface area contributed by atoms with Gasteiger partial charge in [0.1, 0.15) is 6.61 Å². The number of rotatable bonds is 5. The molecule has 1 aliphatic rings. The monoisotopic (exact) mass is 263 g/mol. The molecule has 2 rings (SSSR count). The van der Waals surface area contributed by atoms with Crippen molar-refractivity contribution in [3.63, 3.8) is 0 Å². The number of aromatic nitrogens is 1. The summed E-state index contributed by atoms with van der Waals surface area (Å²) in [6.07, 6.45) is 4.19. The molecule has 0 atom stereocenters. The molecule has 1 fully saturated rings. The van der Waals surface area contributed by atoms with Gasteiger partial charge >= 0.3 is 5.97 Å². The maximum absolute atomic E-state index is 11.6. The molecule has 0 radical (unpaired) electrons. The summed E-state index contributed by atoms with van der Waals surface area (Å²) >= 11 is 0. The molecule has 0 spiro atoms. The van der Waals surface area contributed by atoms with Gasteiger partial charge in [0.25, 0.3) is 0 Å². The molecule has 1 aliphatic carbocycles. The highest BCUT2D eigenvalue weighted by Gasteiger charge is 2.32. The molecule has 0 aliphatic heterocycles. The molecule has 4 heteroatoms. The minimum absolute atomic E-state index is 0.271. The van der Waals surface area contributed by atoms with Gasteiger partial charge in [-0.3, -0.25) is 4.79 Å². The van der Waals surface area contributed by atoms with E-state index in [2.05, 4.69) is 11.1 Å². The van der Waals surface area contributed by atoms with E-state index in [0.717, 1.165) is 5.56 Å². The lowest BCUT2D eigenvalue weighted by Crippen LogP contribution is -2.32. The van der Waals surface area contributed by atoms with Gasteiger partial charge in [-0.2, -0.15) is 0 Å². The lowest BCUT2D eigenvalue weighted by molar-refractivity contribution is -0.152. The average molecular weight is 263 g/mol. The zero-order valence-electron chi connectivity index (χ0n) is 12.0. The summed E-state index contributed by atoms with van der Waals surface area (Å²) < 4.78 is 10.5. The molecule has 1 aromatic heterocycles. The SMILES string of the molecule is COC(=O)C(C)(C)COc1ncc(C)cc1C1CC1. The molecule has 104 valence electrons. The van der Waals surface area contributed by atoms with Gasteiger partial charge in [-0.15, -0.1) is 0 Å². The number of carbonyl (C=O) groups excluding carboxylic acids is 1. The van der Waals surface area contributed by atoms with Crippen LogP contribution >= 0.6 is 0 Å². The van der Waals surface area contributed by atoms with E-state index in [4.69, 9.17) is 9.47 Å². The Kier molecular flexibility index (Phi) is 3.78. The van der Waals surface area contributed by atoms with Gasteiger partial charge in [0.05, 0.1) is 12.5 Å². The number of ether oxygens (including phenoxy) is 2. The summed E-state index contributed by atoms with van der Waals surface area (Å²) in [7, 11) is 1.39. The van der Waals surface area contributed by atoms with Crippen LogP contribution in [-0.4, -0.2) is 24.7 Å². The third kappa shape index (κ3) is 3.25. The van der Waals surface area contributed by atoms with Crippen LogP contribution in [0.15, 0.2) is 12.3 Å². The van der Waals surface area contributed by atoms with E-state index in [1.165, 1.54) is 25.5 Å². The number of nitrogens with zero attached hydrogens (tertiary/aromatic N) is 1. The highest BCUT2D eigenvalue weighted by molar-refractivity contribution is 5.75. The maximum Gasteiger partial charge on any atom is 0.314 e. The Morgan fingerprint density at radius 2 is 2.16 bits per heavy atom. The second-order valence-corrected chi connectivity index (χ2v) is 5.85. The third-order valence-corrected chi connectivity index (χ3v) is 3.34. The van der Waals surface area contributed by atoms with E-state index in [1.807, 2.05) is 20.8 Å². The van der Waals surface area contributed by atoms with Crippen molar-refractivity contribution in [2.75, 3.05) is 13.7 Å². The van der Waals surface area contributed by atoms with Crippen molar-refractivity contribution in [1.29, 1.82) is 0 Å². The first kappa shape index (κ1) is 13.8. The molecule has 1 saturated carbocycles. The fraction of sp³-hybridized carbons (Fsp3) is 0.600. The Hall–Kier alpha value is -1.58. The van der Waals surface area contributed by atoms with Crippen molar-refractivity contribution in [2.24, 2.45) is 5.41 Å². The molecule has 0 amide bonds. The van der Waals surface area contributed by atoms with Crippen LogP contribution in [0.4, 0.5) is 0 Å². The van der Waals surface area contributed by atoms with E-state index in [0.29, 0.717) is 11.8 Å². The number of aryl methyl sites for hydroxylation is 1. The van der Waals surface area contributed by atoms with Crippen LogP contribution in [0.2, 0.25) is 0 Å². The molecule has 0 bridgehead atoms. The van der Waals surface area contributed by atoms with Crippen molar-refractivity contribution in [3.8, 4) is 5.88 Å². The highest BCUT2D eigenvalue weighted by atomic mass is 16.5. The molecule has 19 heavy (non-hydrogen) atoms. The molecular weight excluding hydrogens is 242 g/mol. The molecule has 1 aromatic rings. The molecule has 1 heterocycles. The second-order valence-electron chi connectivity index (χ2n) is 5.85. The predicted octanol–water partition coefficient (Wildman–Crippen LogP) is 2.85. The van der Waals surface area contributed by atoms with E-state index < -0.39 is 5.41 Å². The van der Waals surface area contributed by atoms with Crippen molar-refractivity contribution in [3.05, 3.63) is 23.4 Å². The van der Waals surface area contributed by atoms with Crippen LogP contribution < -0.4 is 4.74 Å². The van der Waals surface area contributed by atoms with Gasteiger partial charge in [0.2, 0.25) is 5.88 Å². The van der Waals surface area contributed by atoms with E-state index in [9.17, 15) is 4.79 Å². The van der Waals surface area contributed by atoms with Gasteiger partial charge in [-0.1, -0.05) is 0 Å². The van der Waals surface area contributed by atoms with Crippen LogP contribution in [0.25, 0.3) is 0 Å². The number of hydrogen-bond donors (Lipinski definition) is 0. The van der Waals surface area contributed by atoms with E-state index in [1.54, 1.807) is 6.20 Å². The minimum Gasteiger partial charge on any atom is -0.476 e. The zero-order chi connectivity index (χ0) is 14.0. The molecule has 0 unspecified atom stereocenters. The number of hydrogen-bond acceptors (Lipinski definition) is 4. The van der Waals surface area contributed by atoms with Gasteiger partial charge in [0, 0.05) is 11.8 Å². The number of methoxy groups -OCH3 is 1. The second kappa shape index (κ2) is 5.19. The third-order valence-electron chi connectivity index (χ3n) is 3.34. The number of carbonyl (C=O) groups is 1. The summed E-state index contributed by atoms with van der Waals surface area (Å²) in [6.45, 7) is 5.92.